The van der Waals surface area contributed by atoms with E-state index in [1.54, 1.807) is 6.07 Å². The van der Waals surface area contributed by atoms with Crippen LogP contribution in [0.3, 0.4) is 0 Å². The fraction of sp³-hybridized carbons (Fsp3) is 0.467. The van der Waals surface area contributed by atoms with Gasteiger partial charge in [0, 0.05) is 17.8 Å². The van der Waals surface area contributed by atoms with Gasteiger partial charge in [0.25, 0.3) is 5.91 Å². The van der Waals surface area contributed by atoms with Crippen LogP contribution in [-0.2, 0) is 11.2 Å². The summed E-state index contributed by atoms with van der Waals surface area (Å²) in [5, 5.41) is 15.1. The van der Waals surface area contributed by atoms with Gasteiger partial charge in [0.05, 0.1) is 0 Å². The Labute approximate surface area is 117 Å². The van der Waals surface area contributed by atoms with E-state index < -0.39 is 12.0 Å². The quantitative estimate of drug-likeness (QED) is 0.780. The molecule has 1 aliphatic carbocycles. The van der Waals surface area contributed by atoms with E-state index in [0.717, 1.165) is 43.5 Å². The predicted octanol–water partition coefficient (Wildman–Crippen LogP) is 1.64. The SMILES string of the molecule is O=C(NC(C(=O)O)C1CC1)c1ccc2c(c1)CCCN2. The Bertz CT molecular complexity index is 552. The number of carbonyl (C=O) groups is 2. The fourth-order valence-corrected chi connectivity index (χ4v) is 2.65. The topological polar surface area (TPSA) is 78.4 Å². The minimum Gasteiger partial charge on any atom is -0.480 e. The van der Waals surface area contributed by atoms with E-state index in [-0.39, 0.29) is 11.8 Å². The second kappa shape index (κ2) is 5.15. The Hall–Kier alpha value is -2.04. The molecular weight excluding hydrogens is 256 g/mol. The molecular formula is C15H18N2O3. The molecule has 1 unspecified atom stereocenters. The maximum Gasteiger partial charge on any atom is 0.326 e. The van der Waals surface area contributed by atoms with Gasteiger partial charge in [0.2, 0.25) is 0 Å². The fourth-order valence-electron chi connectivity index (χ4n) is 2.65. The minimum atomic E-state index is -0.944. The summed E-state index contributed by atoms with van der Waals surface area (Å²) in [6.07, 6.45) is 3.77. The zero-order valence-corrected chi connectivity index (χ0v) is 11.2. The summed E-state index contributed by atoms with van der Waals surface area (Å²) < 4.78 is 0. The molecule has 2 aliphatic rings. The van der Waals surface area contributed by atoms with E-state index >= 15 is 0 Å². The van der Waals surface area contributed by atoms with Crippen LogP contribution in [0.25, 0.3) is 0 Å². The third-order valence-corrected chi connectivity index (χ3v) is 3.95. The van der Waals surface area contributed by atoms with Crippen molar-refractivity contribution in [2.45, 2.75) is 31.7 Å². The Morgan fingerprint density at radius 3 is 2.85 bits per heavy atom. The lowest BCUT2D eigenvalue weighted by Gasteiger charge is -2.19. The molecule has 3 N–H and O–H groups in total. The first-order valence-corrected chi connectivity index (χ1v) is 7.05. The number of carboxylic acid groups (broad SMARTS) is 1. The van der Waals surface area contributed by atoms with Crippen molar-refractivity contribution >= 4 is 17.6 Å². The monoisotopic (exact) mass is 274 g/mol. The first-order valence-electron chi connectivity index (χ1n) is 7.05. The van der Waals surface area contributed by atoms with Crippen molar-refractivity contribution in [1.82, 2.24) is 5.32 Å². The van der Waals surface area contributed by atoms with E-state index in [0.29, 0.717) is 5.56 Å². The summed E-state index contributed by atoms with van der Waals surface area (Å²) in [5.41, 5.74) is 2.74. The second-order valence-corrected chi connectivity index (χ2v) is 5.53. The van der Waals surface area contributed by atoms with Gasteiger partial charge in [-0.2, -0.15) is 0 Å². The van der Waals surface area contributed by atoms with Gasteiger partial charge in [-0.15, -0.1) is 0 Å². The minimum absolute atomic E-state index is 0.0933. The number of hydrogen-bond acceptors (Lipinski definition) is 3. The summed E-state index contributed by atoms with van der Waals surface area (Å²) in [6.45, 7) is 0.960. The summed E-state index contributed by atoms with van der Waals surface area (Å²) >= 11 is 0. The van der Waals surface area contributed by atoms with E-state index in [1.807, 2.05) is 12.1 Å². The standard InChI is InChI=1S/C15H18N2O3/c18-14(17-13(15(19)20)9-3-4-9)11-5-6-12-10(8-11)2-1-7-16-12/h5-6,8-9,13,16H,1-4,7H2,(H,17,18)(H,19,20). The van der Waals surface area contributed by atoms with Crippen molar-refractivity contribution in [2.24, 2.45) is 5.92 Å². The lowest BCUT2D eigenvalue weighted by Crippen LogP contribution is -2.42. The lowest BCUT2D eigenvalue weighted by atomic mass is 10.0. The molecule has 0 spiro atoms. The maximum absolute atomic E-state index is 12.2. The van der Waals surface area contributed by atoms with Crippen LogP contribution in [0.5, 0.6) is 0 Å². The van der Waals surface area contributed by atoms with Gasteiger partial charge in [-0.25, -0.2) is 4.79 Å². The van der Waals surface area contributed by atoms with Gasteiger partial charge in [-0.3, -0.25) is 4.79 Å². The van der Waals surface area contributed by atoms with Crippen LogP contribution in [0.1, 0.15) is 35.2 Å². The Morgan fingerprint density at radius 1 is 1.35 bits per heavy atom. The summed E-state index contributed by atoms with van der Waals surface area (Å²) in [6, 6.07) is 4.76. The number of carboxylic acids is 1. The molecule has 1 amide bonds. The summed E-state index contributed by atoms with van der Waals surface area (Å²) in [5.74, 6) is -1.14. The molecule has 20 heavy (non-hydrogen) atoms. The van der Waals surface area contributed by atoms with Gasteiger partial charge >= 0.3 is 5.97 Å². The number of amides is 1. The van der Waals surface area contributed by atoms with Crippen LogP contribution in [0.4, 0.5) is 5.69 Å². The van der Waals surface area contributed by atoms with Crippen molar-refractivity contribution in [3.63, 3.8) is 0 Å². The number of aryl methyl sites for hydroxylation is 1. The zero-order valence-electron chi connectivity index (χ0n) is 11.2. The van der Waals surface area contributed by atoms with Crippen LogP contribution < -0.4 is 10.6 Å². The van der Waals surface area contributed by atoms with Crippen molar-refractivity contribution < 1.29 is 14.7 Å². The van der Waals surface area contributed by atoms with Crippen molar-refractivity contribution in [3.8, 4) is 0 Å². The average molecular weight is 274 g/mol. The summed E-state index contributed by atoms with van der Waals surface area (Å²) in [7, 11) is 0. The van der Waals surface area contributed by atoms with E-state index in [9.17, 15) is 9.59 Å². The number of nitrogens with one attached hydrogen (secondary N) is 2. The number of rotatable bonds is 4. The first-order chi connectivity index (χ1) is 9.65. The third kappa shape index (κ3) is 2.61. The molecule has 106 valence electrons. The highest BCUT2D eigenvalue weighted by Gasteiger charge is 2.37. The highest BCUT2D eigenvalue weighted by atomic mass is 16.4. The molecule has 1 aromatic rings. The number of fused-ring (bicyclic) bond motifs is 1. The van der Waals surface area contributed by atoms with Crippen molar-refractivity contribution in [3.05, 3.63) is 29.3 Å². The molecule has 5 heteroatoms. The van der Waals surface area contributed by atoms with Crippen LogP contribution >= 0.6 is 0 Å². The van der Waals surface area contributed by atoms with Crippen LogP contribution in [-0.4, -0.2) is 29.6 Å². The van der Waals surface area contributed by atoms with Crippen LogP contribution in [0, 0.1) is 5.92 Å². The van der Waals surface area contributed by atoms with E-state index in [2.05, 4.69) is 10.6 Å². The zero-order chi connectivity index (χ0) is 14.1. The largest absolute Gasteiger partial charge is 0.480 e. The van der Waals surface area contributed by atoms with E-state index in [1.165, 1.54) is 0 Å². The van der Waals surface area contributed by atoms with Gasteiger partial charge in [-0.05, 0) is 55.4 Å². The maximum atomic E-state index is 12.2. The van der Waals surface area contributed by atoms with Gasteiger partial charge < -0.3 is 15.7 Å². The molecule has 3 rings (SSSR count). The van der Waals surface area contributed by atoms with Crippen molar-refractivity contribution in [1.29, 1.82) is 0 Å². The number of carbonyl (C=O) groups excluding carboxylic acids is 1. The molecule has 5 nitrogen and oxygen atoms in total. The molecule has 1 atom stereocenters. The highest BCUT2D eigenvalue weighted by Crippen LogP contribution is 2.33. The highest BCUT2D eigenvalue weighted by molar-refractivity contribution is 5.97. The van der Waals surface area contributed by atoms with Gasteiger partial charge in [0.15, 0.2) is 0 Å². The number of hydrogen-bond donors (Lipinski definition) is 3. The molecule has 1 heterocycles. The van der Waals surface area contributed by atoms with Crippen molar-refractivity contribution in [2.75, 3.05) is 11.9 Å². The lowest BCUT2D eigenvalue weighted by molar-refractivity contribution is -0.139. The third-order valence-electron chi connectivity index (χ3n) is 3.95. The van der Waals surface area contributed by atoms with Crippen LogP contribution in [0.2, 0.25) is 0 Å². The molecule has 0 aromatic heterocycles. The smallest absolute Gasteiger partial charge is 0.326 e. The molecule has 1 saturated carbocycles. The number of anilines is 1. The predicted molar refractivity (Wildman–Crippen MR) is 74.9 cm³/mol. The molecule has 1 aromatic carbocycles. The molecule has 0 radical (unpaired) electrons. The molecule has 1 aliphatic heterocycles. The average Bonchev–Trinajstić information content (AvgIpc) is 3.28. The molecule has 1 fully saturated rings. The normalized spacial score (nSPS) is 18.6. The van der Waals surface area contributed by atoms with E-state index in [4.69, 9.17) is 5.11 Å². The van der Waals surface area contributed by atoms with Gasteiger partial charge in [0.1, 0.15) is 6.04 Å². The van der Waals surface area contributed by atoms with Crippen LogP contribution in [0.15, 0.2) is 18.2 Å². The Balaban J connectivity index is 1.74. The van der Waals surface area contributed by atoms with Gasteiger partial charge in [-0.1, -0.05) is 0 Å². The second-order valence-electron chi connectivity index (χ2n) is 5.53. The molecule has 0 bridgehead atoms. The first kappa shape index (κ1) is 13.0. The Kier molecular flexibility index (Phi) is 3.34. The number of aliphatic carboxylic acids is 1. The summed E-state index contributed by atoms with van der Waals surface area (Å²) in [4.78, 5) is 23.3. The Morgan fingerprint density at radius 2 is 2.15 bits per heavy atom. The number of benzene rings is 1. The molecule has 0 saturated heterocycles.